The van der Waals surface area contributed by atoms with Gasteiger partial charge < -0.3 is 19.7 Å². The molecular weight excluding hydrogens is 228 g/mol. The van der Waals surface area contributed by atoms with Crippen molar-refractivity contribution < 1.29 is 29.3 Å². The van der Waals surface area contributed by atoms with Crippen LogP contribution in [0.4, 0.5) is 0 Å². The van der Waals surface area contributed by atoms with E-state index in [9.17, 15) is 9.59 Å². The Morgan fingerprint density at radius 3 is 1.53 bits per heavy atom. The molecule has 0 aromatic carbocycles. The minimum atomic E-state index is -1.10. The summed E-state index contributed by atoms with van der Waals surface area (Å²) in [4.78, 5) is 21.7. The highest BCUT2D eigenvalue weighted by atomic mass is 16.5. The fraction of sp³-hybridized carbons (Fsp3) is 0.818. The summed E-state index contributed by atoms with van der Waals surface area (Å²) in [6.45, 7) is 3.18. The van der Waals surface area contributed by atoms with E-state index in [2.05, 4.69) is 0 Å². The highest BCUT2D eigenvalue weighted by molar-refractivity contribution is 5.74. The molecule has 2 atom stereocenters. The molecule has 0 amide bonds. The van der Waals surface area contributed by atoms with Crippen LogP contribution in [-0.4, -0.2) is 47.6 Å². The van der Waals surface area contributed by atoms with E-state index in [1.807, 2.05) is 0 Å². The summed E-state index contributed by atoms with van der Waals surface area (Å²) in [6.07, 6.45) is -0.167. The van der Waals surface area contributed by atoms with E-state index >= 15 is 0 Å². The van der Waals surface area contributed by atoms with Gasteiger partial charge >= 0.3 is 11.9 Å². The third-order valence-electron chi connectivity index (χ3n) is 1.96. The van der Waals surface area contributed by atoms with Crippen LogP contribution in [0.25, 0.3) is 0 Å². The lowest BCUT2D eigenvalue weighted by Crippen LogP contribution is -2.20. The average molecular weight is 248 g/mol. The van der Waals surface area contributed by atoms with Gasteiger partial charge in [0, 0.05) is 0 Å². The van der Waals surface area contributed by atoms with Crippen LogP contribution in [0.3, 0.4) is 0 Å². The first kappa shape index (κ1) is 15.9. The minimum absolute atomic E-state index is 0.244. The van der Waals surface area contributed by atoms with Gasteiger partial charge in [-0.3, -0.25) is 0 Å². The lowest BCUT2D eigenvalue weighted by molar-refractivity contribution is -0.152. The fourth-order valence-electron chi connectivity index (χ4n) is 0.968. The van der Waals surface area contributed by atoms with Gasteiger partial charge in [-0.05, 0) is 33.1 Å². The number of carbonyl (C=O) groups excluding carboxylic acids is 2. The van der Waals surface area contributed by atoms with Crippen molar-refractivity contribution in [3.63, 3.8) is 0 Å². The van der Waals surface area contributed by atoms with Gasteiger partial charge in [-0.25, -0.2) is 9.59 Å². The van der Waals surface area contributed by atoms with Gasteiger partial charge in [0.1, 0.15) is 12.2 Å². The number of unbranched alkanes of at least 4 members (excludes halogenated alkanes) is 2. The highest BCUT2D eigenvalue weighted by Gasteiger charge is 2.10. The van der Waals surface area contributed by atoms with E-state index in [0.717, 1.165) is 6.42 Å². The first-order valence-corrected chi connectivity index (χ1v) is 5.64. The number of esters is 2. The Labute approximate surface area is 101 Å². The van der Waals surface area contributed by atoms with E-state index in [1.165, 1.54) is 13.8 Å². The predicted octanol–water partition coefficient (Wildman–Crippen LogP) is 0.00470. The highest BCUT2D eigenvalue weighted by Crippen LogP contribution is 1.99. The summed E-state index contributed by atoms with van der Waals surface area (Å²) in [7, 11) is 0. The van der Waals surface area contributed by atoms with Crippen molar-refractivity contribution in [1.29, 1.82) is 0 Å². The third-order valence-corrected chi connectivity index (χ3v) is 1.96. The normalized spacial score (nSPS) is 13.9. The van der Waals surface area contributed by atoms with Crippen molar-refractivity contribution in [3.8, 4) is 0 Å². The van der Waals surface area contributed by atoms with Crippen LogP contribution in [0.2, 0.25) is 0 Å². The number of carbonyl (C=O) groups is 2. The molecule has 2 unspecified atom stereocenters. The van der Waals surface area contributed by atoms with Crippen LogP contribution in [0.5, 0.6) is 0 Å². The minimum Gasteiger partial charge on any atom is -0.464 e. The van der Waals surface area contributed by atoms with Gasteiger partial charge in [-0.1, -0.05) is 0 Å². The molecule has 0 rings (SSSR count). The SMILES string of the molecule is CC(O)C(=O)OCCCCCOC(=O)C(C)O. The average Bonchev–Trinajstić information content (AvgIpc) is 2.26. The number of ether oxygens (including phenoxy) is 2. The van der Waals surface area contributed by atoms with Gasteiger partial charge in [0.05, 0.1) is 13.2 Å². The summed E-state index contributed by atoms with van der Waals surface area (Å²) in [6, 6.07) is 0. The summed E-state index contributed by atoms with van der Waals surface area (Å²) >= 11 is 0. The molecule has 0 aliphatic heterocycles. The van der Waals surface area contributed by atoms with Crippen LogP contribution in [0.1, 0.15) is 33.1 Å². The van der Waals surface area contributed by atoms with Gasteiger partial charge in [0.15, 0.2) is 0 Å². The maximum atomic E-state index is 10.8. The molecule has 0 aromatic heterocycles. The van der Waals surface area contributed by atoms with Gasteiger partial charge in [0.2, 0.25) is 0 Å². The second-order valence-corrected chi connectivity index (χ2v) is 3.75. The zero-order valence-corrected chi connectivity index (χ0v) is 10.2. The van der Waals surface area contributed by atoms with Gasteiger partial charge in [0.25, 0.3) is 0 Å². The smallest absolute Gasteiger partial charge is 0.334 e. The molecule has 6 nitrogen and oxygen atoms in total. The molecule has 0 fully saturated rings. The van der Waals surface area contributed by atoms with Crippen molar-refractivity contribution in [1.82, 2.24) is 0 Å². The summed E-state index contributed by atoms with van der Waals surface area (Å²) < 4.78 is 9.47. The van der Waals surface area contributed by atoms with Crippen LogP contribution in [-0.2, 0) is 19.1 Å². The molecule has 0 heterocycles. The third kappa shape index (κ3) is 8.65. The molecule has 0 spiro atoms. The lowest BCUT2D eigenvalue weighted by Gasteiger charge is -2.07. The molecule has 6 heteroatoms. The molecule has 0 aromatic rings. The molecule has 0 aliphatic rings. The molecule has 0 radical (unpaired) electrons. The van der Waals surface area contributed by atoms with Gasteiger partial charge in [-0.2, -0.15) is 0 Å². The van der Waals surface area contributed by atoms with Crippen LogP contribution in [0.15, 0.2) is 0 Å². The molecular formula is C11H20O6. The quantitative estimate of drug-likeness (QED) is 0.464. The molecule has 0 saturated heterocycles. The Balaban J connectivity index is 3.30. The zero-order chi connectivity index (χ0) is 13.3. The molecule has 2 N–H and O–H groups in total. The zero-order valence-electron chi connectivity index (χ0n) is 10.2. The second-order valence-electron chi connectivity index (χ2n) is 3.75. The Morgan fingerprint density at radius 2 is 1.24 bits per heavy atom. The van der Waals surface area contributed by atoms with E-state index in [0.29, 0.717) is 12.8 Å². The monoisotopic (exact) mass is 248 g/mol. The van der Waals surface area contributed by atoms with Crippen LogP contribution >= 0.6 is 0 Å². The summed E-state index contributed by atoms with van der Waals surface area (Å²) in [5.74, 6) is -1.27. The summed E-state index contributed by atoms with van der Waals surface area (Å²) in [5, 5.41) is 17.6. The Bertz CT molecular complexity index is 212. The maximum Gasteiger partial charge on any atom is 0.334 e. The lowest BCUT2D eigenvalue weighted by atomic mass is 10.2. The number of aliphatic hydroxyl groups is 2. The number of hydrogen-bond donors (Lipinski definition) is 2. The van der Waals surface area contributed by atoms with Crippen molar-refractivity contribution >= 4 is 11.9 Å². The number of hydrogen-bond acceptors (Lipinski definition) is 6. The van der Waals surface area contributed by atoms with E-state index < -0.39 is 24.1 Å². The second kappa shape index (κ2) is 8.95. The first-order valence-electron chi connectivity index (χ1n) is 5.64. The topological polar surface area (TPSA) is 93.1 Å². The number of rotatable bonds is 8. The standard InChI is InChI=1S/C11H20O6/c1-8(12)10(14)16-6-4-3-5-7-17-11(15)9(2)13/h8-9,12-13H,3-7H2,1-2H3. The number of aliphatic hydroxyl groups excluding tert-OH is 2. The Hall–Kier alpha value is -1.14. The molecule has 0 saturated carbocycles. The van der Waals surface area contributed by atoms with Gasteiger partial charge in [-0.15, -0.1) is 0 Å². The van der Waals surface area contributed by atoms with Crippen LogP contribution in [0, 0.1) is 0 Å². The Morgan fingerprint density at radius 1 is 0.882 bits per heavy atom. The van der Waals surface area contributed by atoms with Crippen molar-refractivity contribution in [2.45, 2.75) is 45.3 Å². The molecule has 0 bridgehead atoms. The van der Waals surface area contributed by atoms with E-state index in [1.54, 1.807) is 0 Å². The predicted molar refractivity (Wildman–Crippen MR) is 59.1 cm³/mol. The first-order chi connectivity index (χ1) is 7.95. The summed E-state index contributed by atoms with van der Waals surface area (Å²) in [5.41, 5.74) is 0. The molecule has 17 heavy (non-hydrogen) atoms. The molecule has 0 aliphatic carbocycles. The largest absolute Gasteiger partial charge is 0.464 e. The van der Waals surface area contributed by atoms with Crippen molar-refractivity contribution in [3.05, 3.63) is 0 Å². The van der Waals surface area contributed by atoms with E-state index in [4.69, 9.17) is 19.7 Å². The van der Waals surface area contributed by atoms with Crippen LogP contribution < -0.4 is 0 Å². The Kier molecular flexibility index (Phi) is 8.35. The maximum absolute atomic E-state index is 10.8. The van der Waals surface area contributed by atoms with E-state index in [-0.39, 0.29) is 13.2 Å². The molecule has 100 valence electrons. The van der Waals surface area contributed by atoms with Crippen molar-refractivity contribution in [2.24, 2.45) is 0 Å². The van der Waals surface area contributed by atoms with Crippen molar-refractivity contribution in [2.75, 3.05) is 13.2 Å². The fourth-order valence-corrected chi connectivity index (χ4v) is 0.968.